The Labute approximate surface area is 147 Å². The normalized spacial score (nSPS) is 12.2. The Morgan fingerprint density at radius 1 is 1.27 bits per heavy atom. The fourth-order valence-electron chi connectivity index (χ4n) is 2.12. The smallest absolute Gasteiger partial charge is 0.417 e. The van der Waals surface area contributed by atoms with Crippen LogP contribution in [0.4, 0.5) is 30.4 Å². The van der Waals surface area contributed by atoms with Gasteiger partial charge in [-0.3, -0.25) is 10.1 Å². The van der Waals surface area contributed by atoms with Crippen molar-refractivity contribution in [1.29, 1.82) is 0 Å². The molecule has 0 aliphatic rings. The lowest BCUT2D eigenvalue weighted by molar-refractivity contribution is -0.384. The van der Waals surface area contributed by atoms with Gasteiger partial charge < -0.3 is 10.1 Å². The van der Waals surface area contributed by atoms with E-state index in [0.717, 1.165) is 0 Å². The lowest BCUT2D eigenvalue weighted by atomic mass is 10.2. The van der Waals surface area contributed by atoms with E-state index in [1.807, 2.05) is 0 Å². The molecule has 0 amide bonds. The fraction of sp³-hybridized carbons (Fsp3) is 0.0714. The molecule has 0 fully saturated rings. The minimum Gasteiger partial charge on any atom is -0.493 e. The minimum atomic E-state index is -4.61. The van der Waals surface area contributed by atoms with Gasteiger partial charge in [-0.15, -0.1) is 10.2 Å². The van der Waals surface area contributed by atoms with Gasteiger partial charge >= 0.3 is 6.18 Å². The molecule has 0 aliphatic carbocycles. The van der Waals surface area contributed by atoms with Crippen molar-refractivity contribution < 1.29 is 23.2 Å². The number of hydrogen-bond donors (Lipinski definition) is 2. The highest BCUT2D eigenvalue weighted by atomic mass is 35.5. The molecule has 0 aliphatic heterocycles. The Balaban J connectivity index is 2.02. The summed E-state index contributed by atoms with van der Waals surface area (Å²) >= 11 is 5.72. The van der Waals surface area contributed by atoms with Crippen molar-refractivity contribution in [3.8, 4) is 5.88 Å². The van der Waals surface area contributed by atoms with E-state index in [2.05, 4.69) is 20.2 Å². The topological polar surface area (TPSA) is 117 Å². The summed E-state index contributed by atoms with van der Waals surface area (Å²) < 4.78 is 37.8. The number of aromatic hydroxyl groups is 1. The van der Waals surface area contributed by atoms with Crippen LogP contribution in [-0.4, -0.2) is 20.0 Å². The van der Waals surface area contributed by atoms with Gasteiger partial charge in [0, 0.05) is 23.7 Å². The van der Waals surface area contributed by atoms with Gasteiger partial charge in [0.15, 0.2) is 11.5 Å². The molecule has 0 radical (unpaired) electrons. The number of nitrogens with one attached hydrogen (secondary N) is 1. The summed E-state index contributed by atoms with van der Waals surface area (Å²) in [5.41, 5.74) is -1.07. The summed E-state index contributed by atoms with van der Waals surface area (Å²) in [4.78, 5) is 16.3. The molecule has 0 spiro atoms. The first-order valence-corrected chi connectivity index (χ1v) is 7.18. The van der Waals surface area contributed by atoms with Crippen LogP contribution < -0.4 is 0 Å². The Bertz CT molecular complexity index is 1050. The quantitative estimate of drug-likeness (QED) is 0.363. The number of H-pyrrole nitrogens is 1. The number of pyridine rings is 1. The summed E-state index contributed by atoms with van der Waals surface area (Å²) in [7, 11) is 0. The molecule has 2 heterocycles. The third-order valence-corrected chi connectivity index (χ3v) is 3.62. The number of nitro groups is 1. The Hall–Kier alpha value is -3.21. The van der Waals surface area contributed by atoms with Crippen LogP contribution in [0.5, 0.6) is 5.88 Å². The van der Waals surface area contributed by atoms with E-state index in [9.17, 15) is 28.4 Å². The molecule has 8 nitrogen and oxygen atoms in total. The zero-order valence-corrected chi connectivity index (χ0v) is 13.2. The number of aromatic amines is 1. The number of nitrogens with zero attached hydrogens (tertiary/aromatic N) is 4. The van der Waals surface area contributed by atoms with Crippen LogP contribution in [0.1, 0.15) is 5.56 Å². The molecule has 2 N–H and O–H groups in total. The van der Waals surface area contributed by atoms with Gasteiger partial charge in [-0.25, -0.2) is 4.98 Å². The van der Waals surface area contributed by atoms with E-state index in [-0.39, 0.29) is 22.6 Å². The van der Waals surface area contributed by atoms with Crippen molar-refractivity contribution >= 4 is 39.7 Å². The molecule has 3 rings (SSSR count). The zero-order valence-electron chi connectivity index (χ0n) is 12.5. The molecule has 0 atom stereocenters. The predicted molar refractivity (Wildman–Crippen MR) is 85.0 cm³/mol. The lowest BCUT2D eigenvalue weighted by Crippen LogP contribution is -2.05. The van der Waals surface area contributed by atoms with Gasteiger partial charge in [0.2, 0.25) is 5.88 Å². The number of azo groups is 1. The summed E-state index contributed by atoms with van der Waals surface area (Å²) in [6, 6.07) is 4.41. The van der Waals surface area contributed by atoms with Gasteiger partial charge in [0.1, 0.15) is 0 Å². The molecule has 0 saturated carbocycles. The maximum Gasteiger partial charge on any atom is 0.417 e. The molecular weight excluding hydrogens is 379 g/mol. The van der Waals surface area contributed by atoms with Crippen molar-refractivity contribution in [3.63, 3.8) is 0 Å². The Morgan fingerprint density at radius 3 is 2.62 bits per heavy atom. The predicted octanol–water partition coefficient (Wildman–Crippen LogP) is 5.26. The van der Waals surface area contributed by atoms with Crippen molar-refractivity contribution in [3.05, 3.63) is 51.2 Å². The highest BCUT2D eigenvalue weighted by Crippen LogP contribution is 2.39. The average Bonchev–Trinajstić information content (AvgIpc) is 2.87. The SMILES string of the molecule is O=[N+]([O-])c1ccc2[nH]c(O)c(N=Nc3ncc(C(F)(F)F)cc3Cl)c2c1. The number of halogens is 4. The highest BCUT2D eigenvalue weighted by molar-refractivity contribution is 6.32. The molecule has 0 saturated heterocycles. The molecule has 12 heteroatoms. The molecule has 0 unspecified atom stereocenters. The largest absolute Gasteiger partial charge is 0.493 e. The first-order valence-electron chi connectivity index (χ1n) is 6.80. The standard InChI is InChI=1S/C14H7ClF3N5O3/c15-9-3-6(14(16,17)18)5-19-12(9)22-21-11-8-4-7(23(25)26)1-2-10(8)20-13(11)24/h1-5,20,24H. The fourth-order valence-corrected chi connectivity index (χ4v) is 2.33. The maximum absolute atomic E-state index is 12.6. The third-order valence-electron chi connectivity index (χ3n) is 3.34. The summed E-state index contributed by atoms with van der Waals surface area (Å²) in [5.74, 6) is -0.730. The Morgan fingerprint density at radius 2 is 2.00 bits per heavy atom. The average molecular weight is 386 g/mol. The minimum absolute atomic E-state index is 0.138. The van der Waals surface area contributed by atoms with Crippen LogP contribution in [0.15, 0.2) is 40.7 Å². The van der Waals surface area contributed by atoms with E-state index in [1.165, 1.54) is 18.2 Å². The second-order valence-corrected chi connectivity index (χ2v) is 5.44. The second-order valence-electron chi connectivity index (χ2n) is 5.04. The lowest BCUT2D eigenvalue weighted by Gasteiger charge is -2.06. The van der Waals surface area contributed by atoms with Crippen molar-refractivity contribution in [2.45, 2.75) is 6.18 Å². The number of hydrogen-bond acceptors (Lipinski definition) is 6. The Kier molecular flexibility index (Phi) is 4.24. The van der Waals surface area contributed by atoms with Gasteiger partial charge in [-0.05, 0) is 12.1 Å². The van der Waals surface area contributed by atoms with E-state index in [1.54, 1.807) is 0 Å². The molecule has 26 heavy (non-hydrogen) atoms. The number of rotatable bonds is 3. The maximum atomic E-state index is 12.6. The molecule has 1 aromatic carbocycles. The number of nitro benzene ring substituents is 1. The van der Waals surface area contributed by atoms with Crippen LogP contribution in [0.25, 0.3) is 10.9 Å². The number of aromatic nitrogens is 2. The van der Waals surface area contributed by atoms with Crippen LogP contribution in [-0.2, 0) is 6.18 Å². The number of non-ortho nitro benzene ring substituents is 1. The first-order chi connectivity index (χ1) is 12.2. The van der Waals surface area contributed by atoms with E-state index < -0.39 is 27.6 Å². The number of fused-ring (bicyclic) bond motifs is 1. The summed E-state index contributed by atoms with van der Waals surface area (Å²) in [6.45, 7) is 0. The van der Waals surface area contributed by atoms with Crippen molar-refractivity contribution in [2.75, 3.05) is 0 Å². The second kappa shape index (κ2) is 6.26. The van der Waals surface area contributed by atoms with E-state index in [0.29, 0.717) is 17.8 Å². The first kappa shape index (κ1) is 17.6. The van der Waals surface area contributed by atoms with Crippen LogP contribution in [0.3, 0.4) is 0 Å². The molecule has 134 valence electrons. The van der Waals surface area contributed by atoms with E-state index >= 15 is 0 Å². The molecular formula is C14H7ClF3N5O3. The summed E-state index contributed by atoms with van der Waals surface area (Å²) in [6.07, 6.45) is -4.07. The van der Waals surface area contributed by atoms with Crippen LogP contribution in [0.2, 0.25) is 5.02 Å². The van der Waals surface area contributed by atoms with Crippen molar-refractivity contribution in [1.82, 2.24) is 9.97 Å². The van der Waals surface area contributed by atoms with Gasteiger partial charge in [-0.2, -0.15) is 13.2 Å². The summed E-state index contributed by atoms with van der Waals surface area (Å²) in [5, 5.41) is 27.9. The van der Waals surface area contributed by atoms with Crippen LogP contribution in [0, 0.1) is 10.1 Å². The zero-order chi connectivity index (χ0) is 19.1. The molecule has 0 bridgehead atoms. The molecule has 3 aromatic rings. The monoisotopic (exact) mass is 385 g/mol. The number of benzene rings is 1. The van der Waals surface area contributed by atoms with Gasteiger partial charge in [0.05, 0.1) is 21.0 Å². The van der Waals surface area contributed by atoms with E-state index in [4.69, 9.17) is 11.6 Å². The molecule has 2 aromatic heterocycles. The van der Waals surface area contributed by atoms with Crippen molar-refractivity contribution in [2.24, 2.45) is 10.2 Å². The number of alkyl halides is 3. The van der Waals surface area contributed by atoms with Gasteiger partial charge in [0.25, 0.3) is 5.69 Å². The highest BCUT2D eigenvalue weighted by Gasteiger charge is 2.31. The third kappa shape index (κ3) is 3.28. The van der Waals surface area contributed by atoms with Crippen LogP contribution >= 0.6 is 11.6 Å². The van der Waals surface area contributed by atoms with Gasteiger partial charge in [-0.1, -0.05) is 11.6 Å².